The zero-order chi connectivity index (χ0) is 15.8. The van der Waals surface area contributed by atoms with Crippen LogP contribution in [0.1, 0.15) is 43.4 Å². The lowest BCUT2D eigenvalue weighted by Crippen LogP contribution is -2.46. The molecule has 0 amide bonds. The smallest absolute Gasteiger partial charge is 0.393 e. The van der Waals surface area contributed by atoms with Gasteiger partial charge in [-0.1, -0.05) is 12.5 Å². The number of aliphatic hydroxyl groups excluding tert-OH is 1. The van der Waals surface area contributed by atoms with E-state index >= 15 is 0 Å². The summed E-state index contributed by atoms with van der Waals surface area (Å²) >= 11 is 0. The normalized spacial score (nSPS) is 30.1. The number of aliphatic hydroxyl groups is 1. The number of alkyl halides is 3. The van der Waals surface area contributed by atoms with E-state index in [1.54, 1.807) is 0 Å². The van der Waals surface area contributed by atoms with Gasteiger partial charge in [0.1, 0.15) is 5.69 Å². The van der Waals surface area contributed by atoms with Gasteiger partial charge in [0, 0.05) is 24.7 Å². The zero-order valence-electron chi connectivity index (χ0n) is 12.4. The van der Waals surface area contributed by atoms with Crippen LogP contribution >= 0.6 is 0 Å². The minimum absolute atomic E-state index is 0.00239. The second-order valence-electron chi connectivity index (χ2n) is 6.63. The molecule has 0 bridgehead atoms. The summed E-state index contributed by atoms with van der Waals surface area (Å²) in [6.07, 6.45) is 1.77. The number of rotatable bonds is 2. The van der Waals surface area contributed by atoms with Crippen LogP contribution in [0.2, 0.25) is 0 Å². The van der Waals surface area contributed by atoms with Crippen LogP contribution in [-0.2, 0) is 12.7 Å². The standard InChI is InChI=1S/C16H21F3N2O/c17-16(18,19)13-5-4-12(9-20-13)10-21-8-2-7-15(11-21)6-1-3-14(15)22/h4-5,9,14,22H,1-3,6-8,10-11H2/t14-,15-/m1/s1. The lowest BCUT2D eigenvalue weighted by atomic mass is 9.76. The minimum Gasteiger partial charge on any atom is -0.393 e. The molecule has 3 rings (SSSR count). The third-order valence-corrected chi connectivity index (χ3v) is 5.07. The summed E-state index contributed by atoms with van der Waals surface area (Å²) in [6.45, 7) is 2.35. The second-order valence-corrected chi connectivity index (χ2v) is 6.63. The van der Waals surface area contributed by atoms with Crippen molar-refractivity contribution in [1.29, 1.82) is 0 Å². The Balaban J connectivity index is 1.65. The van der Waals surface area contributed by atoms with Crippen molar-refractivity contribution in [3.63, 3.8) is 0 Å². The Morgan fingerprint density at radius 1 is 1.27 bits per heavy atom. The van der Waals surface area contributed by atoms with Gasteiger partial charge in [0.15, 0.2) is 0 Å². The molecule has 2 fully saturated rings. The van der Waals surface area contributed by atoms with E-state index < -0.39 is 11.9 Å². The summed E-state index contributed by atoms with van der Waals surface area (Å²) in [7, 11) is 0. The van der Waals surface area contributed by atoms with Gasteiger partial charge in [0.25, 0.3) is 0 Å². The Bertz CT molecular complexity index is 517. The number of likely N-dealkylation sites (tertiary alicyclic amines) is 1. The largest absolute Gasteiger partial charge is 0.433 e. The molecule has 1 aliphatic carbocycles. The Kier molecular flexibility index (Phi) is 4.16. The molecule has 1 saturated heterocycles. The fraction of sp³-hybridized carbons (Fsp3) is 0.688. The molecule has 1 spiro atoms. The van der Waals surface area contributed by atoms with E-state index in [4.69, 9.17) is 0 Å². The van der Waals surface area contributed by atoms with Crippen LogP contribution in [0, 0.1) is 5.41 Å². The minimum atomic E-state index is -4.39. The van der Waals surface area contributed by atoms with Crippen LogP contribution in [0.4, 0.5) is 13.2 Å². The summed E-state index contributed by atoms with van der Waals surface area (Å²) in [4.78, 5) is 5.76. The quantitative estimate of drug-likeness (QED) is 0.910. The predicted octanol–water partition coefficient (Wildman–Crippen LogP) is 3.23. The van der Waals surface area contributed by atoms with Crippen LogP contribution in [0.5, 0.6) is 0 Å². The topological polar surface area (TPSA) is 36.4 Å². The third kappa shape index (κ3) is 3.13. The van der Waals surface area contributed by atoms with Gasteiger partial charge in [-0.15, -0.1) is 0 Å². The highest BCUT2D eigenvalue weighted by molar-refractivity contribution is 5.16. The number of halogens is 3. The molecular formula is C16H21F3N2O. The summed E-state index contributed by atoms with van der Waals surface area (Å²) < 4.78 is 37.6. The molecule has 22 heavy (non-hydrogen) atoms. The Morgan fingerprint density at radius 3 is 2.64 bits per heavy atom. The van der Waals surface area contributed by atoms with Gasteiger partial charge < -0.3 is 5.11 Å². The van der Waals surface area contributed by atoms with Gasteiger partial charge in [0.2, 0.25) is 0 Å². The van der Waals surface area contributed by atoms with Crippen LogP contribution in [0.25, 0.3) is 0 Å². The van der Waals surface area contributed by atoms with Gasteiger partial charge >= 0.3 is 6.18 Å². The molecule has 1 aromatic heterocycles. The molecule has 0 aromatic carbocycles. The average molecular weight is 314 g/mol. The molecule has 2 atom stereocenters. The average Bonchev–Trinajstić information content (AvgIpc) is 2.79. The van der Waals surface area contributed by atoms with Crippen molar-refractivity contribution in [2.24, 2.45) is 5.41 Å². The summed E-state index contributed by atoms with van der Waals surface area (Å²) in [5, 5.41) is 10.3. The van der Waals surface area contributed by atoms with Crippen LogP contribution < -0.4 is 0 Å². The molecule has 1 aromatic rings. The first-order valence-corrected chi connectivity index (χ1v) is 7.82. The van der Waals surface area contributed by atoms with Crippen molar-refractivity contribution in [3.05, 3.63) is 29.6 Å². The van der Waals surface area contributed by atoms with Gasteiger partial charge in [-0.2, -0.15) is 13.2 Å². The summed E-state index contributed by atoms with van der Waals surface area (Å²) in [5.74, 6) is 0. The number of piperidine rings is 1. The lowest BCUT2D eigenvalue weighted by Gasteiger charge is -2.42. The van der Waals surface area contributed by atoms with E-state index in [1.807, 2.05) is 0 Å². The molecule has 0 radical (unpaired) electrons. The van der Waals surface area contributed by atoms with E-state index in [9.17, 15) is 18.3 Å². The number of aromatic nitrogens is 1. The van der Waals surface area contributed by atoms with E-state index in [2.05, 4.69) is 9.88 Å². The van der Waals surface area contributed by atoms with Crippen molar-refractivity contribution < 1.29 is 18.3 Å². The highest BCUT2D eigenvalue weighted by atomic mass is 19.4. The van der Waals surface area contributed by atoms with Crippen molar-refractivity contribution >= 4 is 0 Å². The Labute approximate surface area is 128 Å². The van der Waals surface area contributed by atoms with Gasteiger partial charge in [-0.25, -0.2) is 0 Å². The SMILES string of the molecule is O[C@@H]1CCC[C@]12CCCN(Cc1ccc(C(F)(F)F)nc1)C2. The van der Waals surface area contributed by atoms with Crippen LogP contribution in [0.3, 0.4) is 0 Å². The third-order valence-electron chi connectivity index (χ3n) is 5.07. The molecule has 2 aliphatic rings. The van der Waals surface area contributed by atoms with Crippen LogP contribution in [-0.4, -0.2) is 34.2 Å². The van der Waals surface area contributed by atoms with Crippen molar-refractivity contribution in [1.82, 2.24) is 9.88 Å². The van der Waals surface area contributed by atoms with Gasteiger partial charge in [0.05, 0.1) is 6.10 Å². The number of hydrogen-bond donors (Lipinski definition) is 1. The molecule has 1 N–H and O–H groups in total. The number of pyridine rings is 1. The maximum absolute atomic E-state index is 12.5. The highest BCUT2D eigenvalue weighted by Gasteiger charge is 2.44. The maximum Gasteiger partial charge on any atom is 0.433 e. The molecule has 122 valence electrons. The van der Waals surface area contributed by atoms with E-state index in [0.29, 0.717) is 6.54 Å². The zero-order valence-corrected chi connectivity index (χ0v) is 12.4. The van der Waals surface area contributed by atoms with Crippen LogP contribution in [0.15, 0.2) is 18.3 Å². The summed E-state index contributed by atoms with van der Waals surface area (Å²) in [5.41, 5.74) is -0.0625. The Hall–Kier alpha value is -1.14. The van der Waals surface area contributed by atoms with E-state index in [0.717, 1.165) is 56.8 Å². The molecule has 2 heterocycles. The number of nitrogens with zero attached hydrogens (tertiary/aromatic N) is 2. The highest BCUT2D eigenvalue weighted by Crippen LogP contribution is 2.45. The maximum atomic E-state index is 12.5. The second kappa shape index (κ2) is 5.81. The molecule has 0 unspecified atom stereocenters. The fourth-order valence-corrected chi connectivity index (χ4v) is 3.93. The molecule has 6 heteroatoms. The summed E-state index contributed by atoms with van der Waals surface area (Å²) in [6, 6.07) is 2.54. The van der Waals surface area contributed by atoms with Crippen molar-refractivity contribution in [2.45, 2.75) is 50.9 Å². The monoisotopic (exact) mass is 314 g/mol. The molecule has 3 nitrogen and oxygen atoms in total. The first kappa shape index (κ1) is 15.7. The Morgan fingerprint density at radius 2 is 2.05 bits per heavy atom. The first-order valence-electron chi connectivity index (χ1n) is 7.82. The lowest BCUT2D eigenvalue weighted by molar-refractivity contribution is -0.141. The van der Waals surface area contributed by atoms with Crippen molar-refractivity contribution in [3.8, 4) is 0 Å². The fourth-order valence-electron chi connectivity index (χ4n) is 3.93. The molecule has 1 saturated carbocycles. The van der Waals surface area contributed by atoms with Crippen molar-refractivity contribution in [2.75, 3.05) is 13.1 Å². The van der Waals surface area contributed by atoms with E-state index in [1.165, 1.54) is 12.3 Å². The number of hydrogen-bond acceptors (Lipinski definition) is 3. The van der Waals surface area contributed by atoms with E-state index in [-0.39, 0.29) is 11.5 Å². The molecule has 1 aliphatic heterocycles. The van der Waals surface area contributed by atoms with Gasteiger partial charge in [-0.05, 0) is 43.9 Å². The van der Waals surface area contributed by atoms with Gasteiger partial charge in [-0.3, -0.25) is 9.88 Å². The predicted molar refractivity (Wildman–Crippen MR) is 76.0 cm³/mol. The molecular weight excluding hydrogens is 293 g/mol. The first-order chi connectivity index (χ1) is 10.4.